The second-order valence-corrected chi connectivity index (χ2v) is 5.20. The molecule has 88 valence electrons. The zero-order valence-corrected chi connectivity index (χ0v) is 9.61. The Morgan fingerprint density at radius 3 is 2.40 bits per heavy atom. The van der Waals surface area contributed by atoms with Crippen LogP contribution in [0.3, 0.4) is 0 Å². The number of hydrogen-bond acceptors (Lipinski definition) is 6. The summed E-state index contributed by atoms with van der Waals surface area (Å²) < 4.78 is 20.6. The first-order chi connectivity index (χ1) is 6.97. The topological polar surface area (TPSA) is 89.9 Å². The van der Waals surface area contributed by atoms with E-state index < -0.39 is 25.6 Å². The van der Waals surface area contributed by atoms with Crippen LogP contribution >= 0.6 is 7.60 Å². The van der Waals surface area contributed by atoms with Crippen molar-refractivity contribution in [2.45, 2.75) is 18.9 Å². The molecule has 0 bridgehead atoms. The van der Waals surface area contributed by atoms with Gasteiger partial charge in [-0.25, -0.2) is 0 Å². The van der Waals surface area contributed by atoms with E-state index >= 15 is 0 Å². The first-order valence-corrected chi connectivity index (χ1v) is 6.04. The van der Waals surface area contributed by atoms with Gasteiger partial charge in [-0.3, -0.25) is 9.36 Å². The fourth-order valence-electron chi connectivity index (χ4n) is 0.941. The van der Waals surface area contributed by atoms with Gasteiger partial charge in [0.2, 0.25) is 0 Å². The predicted octanol–water partition coefficient (Wildman–Crippen LogP) is 0.381. The summed E-state index contributed by atoms with van der Waals surface area (Å²) >= 11 is 0. The Morgan fingerprint density at radius 1 is 1.47 bits per heavy atom. The lowest BCUT2D eigenvalue weighted by Gasteiger charge is -2.13. The summed E-state index contributed by atoms with van der Waals surface area (Å²) in [5, 5.41) is 9.14. The van der Waals surface area contributed by atoms with E-state index in [2.05, 4.69) is 9.05 Å². The zero-order chi connectivity index (χ0) is 11.9. The standard InChI is InChI=1S/C8H15O6P/c1-13-15(12,14-2)6-8(11)5-7(10)3-4-9/h4,7,10H,3,5-6H2,1-2H3/t7-/m0/s1. The summed E-state index contributed by atoms with van der Waals surface area (Å²) in [6, 6.07) is 0. The number of rotatable bonds is 8. The largest absolute Gasteiger partial charge is 0.392 e. The molecule has 0 radical (unpaired) electrons. The lowest BCUT2D eigenvalue weighted by Crippen LogP contribution is -2.17. The second kappa shape index (κ2) is 6.85. The molecule has 0 aromatic heterocycles. The quantitative estimate of drug-likeness (QED) is 0.485. The van der Waals surface area contributed by atoms with Crippen molar-refractivity contribution in [2.24, 2.45) is 0 Å². The Kier molecular flexibility index (Phi) is 6.60. The van der Waals surface area contributed by atoms with Gasteiger partial charge >= 0.3 is 7.60 Å². The van der Waals surface area contributed by atoms with E-state index in [4.69, 9.17) is 5.11 Å². The van der Waals surface area contributed by atoms with Gasteiger partial charge in [0.05, 0.1) is 6.10 Å². The Hall–Kier alpha value is -0.550. The molecule has 7 heteroatoms. The molecule has 0 amide bonds. The highest BCUT2D eigenvalue weighted by atomic mass is 31.2. The predicted molar refractivity (Wildman–Crippen MR) is 52.8 cm³/mol. The molecule has 0 heterocycles. The smallest absolute Gasteiger partial charge is 0.337 e. The van der Waals surface area contributed by atoms with Crippen LogP contribution in [0.25, 0.3) is 0 Å². The molecule has 1 atom stereocenters. The van der Waals surface area contributed by atoms with Crippen molar-refractivity contribution in [1.29, 1.82) is 0 Å². The molecule has 0 saturated heterocycles. The summed E-state index contributed by atoms with van der Waals surface area (Å²) in [5.41, 5.74) is 0. The molecular weight excluding hydrogens is 223 g/mol. The molecule has 0 aliphatic rings. The summed E-state index contributed by atoms with van der Waals surface area (Å²) in [5.74, 6) is -0.462. The van der Waals surface area contributed by atoms with Crippen LogP contribution < -0.4 is 0 Å². The zero-order valence-electron chi connectivity index (χ0n) is 8.71. The molecule has 0 unspecified atom stereocenters. The van der Waals surface area contributed by atoms with Crippen LogP contribution in [-0.4, -0.2) is 43.7 Å². The Balaban J connectivity index is 4.13. The van der Waals surface area contributed by atoms with Crippen molar-refractivity contribution in [3.8, 4) is 0 Å². The molecule has 0 saturated carbocycles. The first kappa shape index (κ1) is 14.5. The number of aliphatic hydroxyl groups excluding tert-OH is 1. The van der Waals surface area contributed by atoms with Crippen LogP contribution in [-0.2, 0) is 23.2 Å². The van der Waals surface area contributed by atoms with Crippen molar-refractivity contribution >= 4 is 19.7 Å². The number of Topliss-reactive ketones (excluding diaryl/α,β-unsaturated/α-hetero) is 1. The third-order valence-electron chi connectivity index (χ3n) is 1.76. The van der Waals surface area contributed by atoms with Gasteiger partial charge in [0.25, 0.3) is 0 Å². The molecule has 0 aromatic rings. The lowest BCUT2D eigenvalue weighted by molar-refractivity contribution is -0.119. The van der Waals surface area contributed by atoms with Crippen molar-refractivity contribution in [2.75, 3.05) is 20.4 Å². The number of aliphatic hydroxyl groups is 1. The number of carbonyl (C=O) groups excluding carboxylic acids is 2. The number of ketones is 1. The Labute approximate surface area is 88.1 Å². The Morgan fingerprint density at radius 2 is 2.00 bits per heavy atom. The van der Waals surface area contributed by atoms with Crippen LogP contribution in [0.2, 0.25) is 0 Å². The minimum Gasteiger partial charge on any atom is -0.392 e. The van der Waals surface area contributed by atoms with E-state index in [0.717, 1.165) is 0 Å². The normalized spacial score (nSPS) is 13.5. The van der Waals surface area contributed by atoms with E-state index in [0.29, 0.717) is 6.29 Å². The summed E-state index contributed by atoms with van der Waals surface area (Å²) in [7, 11) is -1.00. The van der Waals surface area contributed by atoms with Gasteiger partial charge in [0.1, 0.15) is 18.2 Å². The lowest BCUT2D eigenvalue weighted by atomic mass is 10.1. The maximum atomic E-state index is 11.5. The fourth-order valence-corrected chi connectivity index (χ4v) is 1.91. The molecule has 6 nitrogen and oxygen atoms in total. The number of hydrogen-bond donors (Lipinski definition) is 1. The van der Waals surface area contributed by atoms with E-state index in [1.165, 1.54) is 14.2 Å². The van der Waals surface area contributed by atoms with Crippen molar-refractivity contribution in [1.82, 2.24) is 0 Å². The van der Waals surface area contributed by atoms with Crippen molar-refractivity contribution < 1.29 is 28.3 Å². The highest BCUT2D eigenvalue weighted by Crippen LogP contribution is 2.46. The van der Waals surface area contributed by atoms with Crippen molar-refractivity contribution in [3.63, 3.8) is 0 Å². The molecule has 1 N–H and O–H groups in total. The minimum atomic E-state index is -3.36. The number of carbonyl (C=O) groups is 2. The van der Waals surface area contributed by atoms with Gasteiger partial charge in [0, 0.05) is 27.1 Å². The van der Waals surface area contributed by atoms with Gasteiger partial charge in [-0.05, 0) is 0 Å². The highest BCUT2D eigenvalue weighted by Gasteiger charge is 2.26. The molecule has 0 aromatic carbocycles. The van der Waals surface area contributed by atoms with E-state index in [-0.39, 0.29) is 12.8 Å². The highest BCUT2D eigenvalue weighted by molar-refractivity contribution is 7.54. The molecule has 0 spiro atoms. The maximum absolute atomic E-state index is 11.5. The molecule has 0 fully saturated rings. The van der Waals surface area contributed by atoms with E-state index in [9.17, 15) is 14.2 Å². The number of aldehydes is 1. The monoisotopic (exact) mass is 238 g/mol. The molecular formula is C8H15O6P. The third kappa shape index (κ3) is 5.79. The van der Waals surface area contributed by atoms with Crippen LogP contribution in [0.4, 0.5) is 0 Å². The molecule has 0 aliphatic heterocycles. The fraction of sp³-hybridized carbons (Fsp3) is 0.750. The average molecular weight is 238 g/mol. The summed E-state index contributed by atoms with van der Waals surface area (Å²) in [4.78, 5) is 21.3. The summed E-state index contributed by atoms with van der Waals surface area (Å²) in [6.45, 7) is 0. The van der Waals surface area contributed by atoms with Gasteiger partial charge in [0.15, 0.2) is 0 Å². The molecule has 15 heavy (non-hydrogen) atoms. The van der Waals surface area contributed by atoms with Crippen LogP contribution in [0, 0.1) is 0 Å². The van der Waals surface area contributed by atoms with Gasteiger partial charge in [-0.2, -0.15) is 0 Å². The van der Waals surface area contributed by atoms with Crippen LogP contribution in [0.5, 0.6) is 0 Å². The second-order valence-electron chi connectivity index (χ2n) is 2.93. The van der Waals surface area contributed by atoms with Crippen LogP contribution in [0.15, 0.2) is 0 Å². The first-order valence-electron chi connectivity index (χ1n) is 4.31. The van der Waals surface area contributed by atoms with E-state index in [1.807, 2.05) is 0 Å². The van der Waals surface area contributed by atoms with E-state index in [1.54, 1.807) is 0 Å². The van der Waals surface area contributed by atoms with Gasteiger partial charge < -0.3 is 18.9 Å². The van der Waals surface area contributed by atoms with Crippen LogP contribution in [0.1, 0.15) is 12.8 Å². The van der Waals surface area contributed by atoms with Gasteiger partial charge in [-0.15, -0.1) is 0 Å². The minimum absolute atomic E-state index is 0.115. The van der Waals surface area contributed by atoms with Gasteiger partial charge in [-0.1, -0.05) is 0 Å². The molecule has 0 aliphatic carbocycles. The average Bonchev–Trinajstić information content (AvgIpc) is 2.17. The molecule has 0 rings (SSSR count). The third-order valence-corrected chi connectivity index (χ3v) is 3.61. The van der Waals surface area contributed by atoms with Crippen molar-refractivity contribution in [3.05, 3.63) is 0 Å². The SMILES string of the molecule is COP(=O)(CC(=O)C[C@@H](O)CC=O)OC. The summed E-state index contributed by atoms with van der Waals surface area (Å²) in [6.07, 6.45) is -1.25. The maximum Gasteiger partial charge on any atom is 0.337 e. The Bertz CT molecular complexity index is 256.